The average Bonchev–Trinajstić information content (AvgIpc) is 3.43. The summed E-state index contributed by atoms with van der Waals surface area (Å²) < 4.78 is 15.7. The Morgan fingerprint density at radius 3 is 2.97 bits per heavy atom. The molecule has 9 nitrogen and oxygen atoms in total. The Kier molecular flexibility index (Phi) is 6.69. The van der Waals surface area contributed by atoms with Crippen LogP contribution in [0.5, 0.6) is 0 Å². The maximum Gasteiger partial charge on any atom is 0.260 e. The minimum absolute atomic E-state index is 0.0147. The number of carbonyl (C=O) groups is 1. The molecule has 10 heteroatoms. The fourth-order valence-corrected chi connectivity index (χ4v) is 4.06. The number of anilines is 1. The number of aromatic nitrogens is 4. The highest BCUT2D eigenvalue weighted by atomic mass is 19.1. The zero-order valence-electron chi connectivity index (χ0n) is 18.6. The lowest BCUT2D eigenvalue weighted by Crippen LogP contribution is -2.39. The molecule has 3 N–H and O–H groups in total. The molecule has 0 spiro atoms. The van der Waals surface area contributed by atoms with Crippen LogP contribution in [0.2, 0.25) is 0 Å². The van der Waals surface area contributed by atoms with Gasteiger partial charge in [0.05, 0.1) is 24.5 Å². The Labute approximate surface area is 194 Å². The maximum absolute atomic E-state index is 14.2. The lowest BCUT2D eigenvalue weighted by molar-refractivity contribution is 0.0938. The summed E-state index contributed by atoms with van der Waals surface area (Å²) in [6.45, 7) is 5.92. The third kappa shape index (κ3) is 4.67. The highest BCUT2D eigenvalue weighted by Gasteiger charge is 2.35. The number of rotatable bonds is 7. The van der Waals surface area contributed by atoms with Gasteiger partial charge in [-0.1, -0.05) is 12.7 Å². The van der Waals surface area contributed by atoms with Gasteiger partial charge in [-0.15, -0.1) is 5.10 Å². The standard InChI is InChI=1S/C24H25FN6O3/c1-3-5-16(25)10-15(2)20-11-17(28-24(34)19-6-4-9-26-23(19)33)13-30(20)22-8-7-21-27-12-18(14-32)31(21)29-22/h3-10,12,17,20,32H,2,11,13-14H2,1H3,(H,26,33)(H,28,34)/b5-3-,16-10+/t17-,20-/m0/s1. The van der Waals surface area contributed by atoms with Crippen LogP contribution in [0.4, 0.5) is 10.2 Å². The number of H-pyrrole nitrogens is 1. The second-order valence-corrected chi connectivity index (χ2v) is 7.96. The molecule has 176 valence electrons. The van der Waals surface area contributed by atoms with Crippen molar-refractivity contribution in [2.24, 2.45) is 0 Å². The van der Waals surface area contributed by atoms with Crippen LogP contribution in [0.15, 0.2) is 77.7 Å². The topological polar surface area (TPSA) is 116 Å². The zero-order chi connectivity index (χ0) is 24.2. The Hall–Kier alpha value is -4.05. The first kappa shape index (κ1) is 23.1. The van der Waals surface area contributed by atoms with Gasteiger partial charge in [0, 0.05) is 18.8 Å². The molecule has 1 fully saturated rings. The number of aliphatic hydroxyl groups is 1. The van der Waals surface area contributed by atoms with Crippen LogP contribution >= 0.6 is 0 Å². The molecule has 34 heavy (non-hydrogen) atoms. The van der Waals surface area contributed by atoms with Crippen LogP contribution in [0.1, 0.15) is 29.4 Å². The van der Waals surface area contributed by atoms with E-state index in [-0.39, 0.29) is 24.3 Å². The number of hydrogen-bond acceptors (Lipinski definition) is 6. The quantitative estimate of drug-likeness (QED) is 0.462. The Morgan fingerprint density at radius 2 is 2.24 bits per heavy atom. The number of fused-ring (bicyclic) bond motifs is 1. The lowest BCUT2D eigenvalue weighted by Gasteiger charge is -2.26. The first-order chi connectivity index (χ1) is 16.4. The van der Waals surface area contributed by atoms with E-state index in [0.29, 0.717) is 35.7 Å². The van der Waals surface area contributed by atoms with Gasteiger partial charge in [-0.05, 0) is 55.3 Å². The molecule has 1 aliphatic rings. The summed E-state index contributed by atoms with van der Waals surface area (Å²) in [5, 5.41) is 17.1. The molecular weight excluding hydrogens is 439 g/mol. The van der Waals surface area contributed by atoms with E-state index in [9.17, 15) is 19.1 Å². The molecule has 0 saturated carbocycles. The van der Waals surface area contributed by atoms with Crippen molar-refractivity contribution in [3.63, 3.8) is 0 Å². The van der Waals surface area contributed by atoms with E-state index in [1.54, 1.807) is 41.9 Å². The van der Waals surface area contributed by atoms with E-state index in [0.717, 1.165) is 0 Å². The van der Waals surface area contributed by atoms with Crippen molar-refractivity contribution < 1.29 is 14.3 Å². The third-order valence-electron chi connectivity index (χ3n) is 5.65. The SMILES string of the molecule is C=C(/C=C(F)\C=C/C)[C@@H]1C[C@H](NC(=O)c2ccc[nH]c2=O)CN1c1ccc2ncc(CO)n2n1. The number of carbonyl (C=O) groups excluding carboxylic acids is 1. The lowest BCUT2D eigenvalue weighted by atomic mass is 10.0. The molecule has 1 aliphatic heterocycles. The number of nitrogens with one attached hydrogen (secondary N) is 2. The van der Waals surface area contributed by atoms with E-state index in [1.165, 1.54) is 24.4 Å². The predicted octanol–water partition coefficient (Wildman–Crippen LogP) is 2.27. The molecule has 3 aromatic rings. The molecule has 3 aromatic heterocycles. The molecule has 0 aliphatic carbocycles. The van der Waals surface area contributed by atoms with Crippen molar-refractivity contribution >= 4 is 17.4 Å². The second kappa shape index (κ2) is 9.84. The van der Waals surface area contributed by atoms with Gasteiger partial charge in [-0.2, -0.15) is 0 Å². The number of aliphatic hydroxyl groups excluding tert-OH is 1. The highest BCUT2D eigenvalue weighted by Crippen LogP contribution is 2.30. The van der Waals surface area contributed by atoms with Crippen LogP contribution < -0.4 is 15.8 Å². The van der Waals surface area contributed by atoms with Crippen molar-refractivity contribution in [3.05, 3.63) is 94.5 Å². The van der Waals surface area contributed by atoms with Crippen molar-refractivity contribution in [3.8, 4) is 0 Å². The van der Waals surface area contributed by atoms with Crippen LogP contribution in [-0.4, -0.2) is 49.2 Å². The van der Waals surface area contributed by atoms with E-state index in [4.69, 9.17) is 0 Å². The van der Waals surface area contributed by atoms with Crippen LogP contribution in [0, 0.1) is 0 Å². The number of aromatic amines is 1. The molecule has 4 rings (SSSR count). The molecule has 1 amide bonds. The summed E-state index contributed by atoms with van der Waals surface area (Å²) in [7, 11) is 0. The summed E-state index contributed by atoms with van der Waals surface area (Å²) in [5.41, 5.74) is 1.16. The van der Waals surface area contributed by atoms with Crippen molar-refractivity contribution in [1.82, 2.24) is 24.9 Å². The smallest absolute Gasteiger partial charge is 0.260 e. The van der Waals surface area contributed by atoms with Gasteiger partial charge in [0.1, 0.15) is 17.2 Å². The summed E-state index contributed by atoms with van der Waals surface area (Å²) in [4.78, 5) is 33.3. The normalized spacial score (nSPS) is 18.7. The molecular formula is C24H25FN6O3. The van der Waals surface area contributed by atoms with E-state index in [2.05, 4.69) is 27.0 Å². The molecule has 2 atom stereocenters. The number of nitrogens with zero attached hydrogens (tertiary/aromatic N) is 4. The summed E-state index contributed by atoms with van der Waals surface area (Å²) in [6.07, 6.45) is 7.73. The number of amides is 1. The van der Waals surface area contributed by atoms with Crippen molar-refractivity contribution in [2.75, 3.05) is 11.4 Å². The monoisotopic (exact) mass is 464 g/mol. The summed E-state index contributed by atoms with van der Waals surface area (Å²) in [6, 6.07) is 5.89. The van der Waals surface area contributed by atoms with Gasteiger partial charge in [0.25, 0.3) is 11.5 Å². The number of imidazole rings is 1. The first-order valence-corrected chi connectivity index (χ1v) is 10.8. The minimum Gasteiger partial charge on any atom is -0.390 e. The summed E-state index contributed by atoms with van der Waals surface area (Å²) >= 11 is 0. The molecule has 0 bridgehead atoms. The Balaban J connectivity index is 1.65. The third-order valence-corrected chi connectivity index (χ3v) is 5.65. The molecule has 4 heterocycles. The van der Waals surface area contributed by atoms with E-state index >= 15 is 0 Å². The van der Waals surface area contributed by atoms with Crippen LogP contribution in [0.25, 0.3) is 5.65 Å². The van der Waals surface area contributed by atoms with Crippen LogP contribution in [-0.2, 0) is 6.61 Å². The highest BCUT2D eigenvalue weighted by molar-refractivity contribution is 5.94. The molecule has 1 saturated heterocycles. The average molecular weight is 465 g/mol. The van der Waals surface area contributed by atoms with Crippen molar-refractivity contribution in [1.29, 1.82) is 0 Å². The maximum atomic E-state index is 14.2. The Bertz CT molecular complexity index is 1340. The van der Waals surface area contributed by atoms with E-state index < -0.39 is 17.3 Å². The van der Waals surface area contributed by atoms with Gasteiger partial charge >= 0.3 is 0 Å². The number of pyridine rings is 1. The number of hydrogen-bond donors (Lipinski definition) is 3. The molecule has 0 radical (unpaired) electrons. The number of halogens is 1. The van der Waals surface area contributed by atoms with Gasteiger partial charge in [-0.3, -0.25) is 9.59 Å². The Morgan fingerprint density at radius 1 is 1.41 bits per heavy atom. The van der Waals surface area contributed by atoms with Gasteiger partial charge in [0.2, 0.25) is 0 Å². The first-order valence-electron chi connectivity index (χ1n) is 10.8. The van der Waals surface area contributed by atoms with Crippen LogP contribution in [0.3, 0.4) is 0 Å². The largest absolute Gasteiger partial charge is 0.390 e. The minimum atomic E-state index is -0.491. The van der Waals surface area contributed by atoms with E-state index in [1.807, 2.05) is 4.90 Å². The molecule has 0 aromatic carbocycles. The van der Waals surface area contributed by atoms with Gasteiger partial charge < -0.3 is 20.3 Å². The fraction of sp³-hybridized carbons (Fsp3) is 0.250. The van der Waals surface area contributed by atoms with Crippen molar-refractivity contribution in [2.45, 2.75) is 32.0 Å². The van der Waals surface area contributed by atoms with Gasteiger partial charge in [-0.25, -0.2) is 13.9 Å². The second-order valence-electron chi connectivity index (χ2n) is 7.96. The molecule has 0 unspecified atom stereocenters. The number of allylic oxidation sites excluding steroid dienone is 3. The van der Waals surface area contributed by atoms with Gasteiger partial charge in [0.15, 0.2) is 5.65 Å². The fourth-order valence-electron chi connectivity index (χ4n) is 4.06. The summed E-state index contributed by atoms with van der Waals surface area (Å²) in [5.74, 6) is -0.369. The zero-order valence-corrected chi connectivity index (χ0v) is 18.6. The predicted molar refractivity (Wildman–Crippen MR) is 126 cm³/mol.